The molecule has 0 atom stereocenters. The molecule has 3 N–H and O–H groups in total. The van der Waals surface area contributed by atoms with E-state index in [1.165, 1.54) is 18.9 Å². The largest absolute Gasteiger partial charge is 0.469 e. The summed E-state index contributed by atoms with van der Waals surface area (Å²) in [5, 5.41) is 4.41. The quantitative estimate of drug-likeness (QED) is 0.187. The monoisotopic (exact) mass is 420 g/mol. The number of carbonyl (C=O) groups excluding carboxylic acids is 2. The van der Waals surface area contributed by atoms with Crippen LogP contribution in [0.15, 0.2) is 41.4 Å². The SMILES string of the molecule is COC(=O)CCCCCNC(=S)NNC(=O)CSc1cccc2cccnc12. The molecule has 0 spiro atoms. The van der Waals surface area contributed by atoms with Gasteiger partial charge in [0.1, 0.15) is 0 Å². The number of aromatic nitrogens is 1. The van der Waals surface area contributed by atoms with E-state index < -0.39 is 0 Å². The number of unbranched alkanes of at least 4 members (excludes halogenated alkanes) is 2. The van der Waals surface area contributed by atoms with Crippen molar-refractivity contribution >= 4 is 51.9 Å². The molecule has 1 heterocycles. The number of methoxy groups -OCH3 is 1. The second kappa shape index (κ2) is 12.1. The fraction of sp³-hybridized carbons (Fsp3) is 0.368. The molecule has 0 aliphatic heterocycles. The van der Waals surface area contributed by atoms with Gasteiger partial charge in [-0.25, -0.2) is 0 Å². The number of pyridine rings is 1. The van der Waals surface area contributed by atoms with E-state index in [2.05, 4.69) is 25.9 Å². The molecule has 7 nitrogen and oxygen atoms in total. The molecule has 2 rings (SSSR count). The molecule has 28 heavy (non-hydrogen) atoms. The molecule has 2 aromatic rings. The molecule has 0 saturated heterocycles. The molecule has 1 aromatic heterocycles. The first-order chi connectivity index (χ1) is 13.6. The van der Waals surface area contributed by atoms with Crippen molar-refractivity contribution in [3.63, 3.8) is 0 Å². The van der Waals surface area contributed by atoms with Gasteiger partial charge in [-0.05, 0) is 37.2 Å². The van der Waals surface area contributed by atoms with Crippen LogP contribution in [0.1, 0.15) is 25.7 Å². The highest BCUT2D eigenvalue weighted by atomic mass is 32.2. The zero-order chi connectivity index (χ0) is 20.2. The third-order valence-corrected chi connectivity index (χ3v) is 5.13. The van der Waals surface area contributed by atoms with Gasteiger partial charge in [0.25, 0.3) is 0 Å². The Labute approximate surface area is 174 Å². The van der Waals surface area contributed by atoms with E-state index in [0.717, 1.165) is 35.1 Å². The van der Waals surface area contributed by atoms with Gasteiger partial charge in [0, 0.05) is 29.4 Å². The molecule has 1 aromatic carbocycles. The van der Waals surface area contributed by atoms with Crippen molar-refractivity contribution < 1.29 is 14.3 Å². The van der Waals surface area contributed by atoms with E-state index in [-0.39, 0.29) is 17.6 Å². The summed E-state index contributed by atoms with van der Waals surface area (Å²) in [6, 6.07) is 9.78. The maximum Gasteiger partial charge on any atom is 0.305 e. The van der Waals surface area contributed by atoms with E-state index in [1.807, 2.05) is 30.3 Å². The number of nitrogens with zero attached hydrogens (tertiary/aromatic N) is 1. The molecule has 0 fully saturated rings. The Morgan fingerprint density at radius 2 is 1.96 bits per heavy atom. The van der Waals surface area contributed by atoms with E-state index >= 15 is 0 Å². The van der Waals surface area contributed by atoms with Gasteiger partial charge < -0.3 is 10.1 Å². The molecule has 0 radical (unpaired) electrons. The Kier molecular flexibility index (Phi) is 9.50. The molecular weight excluding hydrogens is 396 g/mol. The predicted molar refractivity (Wildman–Crippen MR) is 115 cm³/mol. The van der Waals surface area contributed by atoms with Crippen molar-refractivity contribution in [1.82, 2.24) is 21.2 Å². The van der Waals surface area contributed by atoms with Crippen molar-refractivity contribution in [1.29, 1.82) is 0 Å². The van der Waals surface area contributed by atoms with Crippen LogP contribution in [-0.2, 0) is 14.3 Å². The minimum Gasteiger partial charge on any atom is -0.469 e. The molecule has 0 aliphatic carbocycles. The minimum atomic E-state index is -0.190. The third kappa shape index (κ3) is 7.69. The number of rotatable bonds is 9. The standard InChI is InChI=1S/C19H24N4O3S2/c1-26-17(25)10-3-2-4-11-21-19(27)23-22-16(24)13-28-15-9-5-7-14-8-6-12-20-18(14)15/h5-9,12H,2-4,10-11,13H2,1H3,(H,22,24)(H2,21,23,27). The summed E-state index contributed by atoms with van der Waals surface area (Å²) in [4.78, 5) is 28.4. The number of esters is 1. The van der Waals surface area contributed by atoms with Crippen molar-refractivity contribution in [2.75, 3.05) is 19.4 Å². The number of thiocarbonyl (C=S) groups is 1. The molecule has 9 heteroatoms. The lowest BCUT2D eigenvalue weighted by molar-refractivity contribution is -0.140. The van der Waals surface area contributed by atoms with Gasteiger partial charge in [-0.2, -0.15) is 0 Å². The number of hydrogen-bond acceptors (Lipinski definition) is 6. The number of thioether (sulfide) groups is 1. The second-order valence-corrected chi connectivity index (χ2v) is 7.36. The second-order valence-electron chi connectivity index (χ2n) is 5.94. The number of hydrogen-bond donors (Lipinski definition) is 3. The summed E-state index contributed by atoms with van der Waals surface area (Å²) >= 11 is 6.55. The number of para-hydroxylation sites is 1. The van der Waals surface area contributed by atoms with Gasteiger partial charge in [0.15, 0.2) is 5.11 Å². The Hall–Kier alpha value is -2.39. The zero-order valence-electron chi connectivity index (χ0n) is 15.7. The van der Waals surface area contributed by atoms with Crippen LogP contribution in [0, 0.1) is 0 Å². The van der Waals surface area contributed by atoms with E-state index in [1.54, 1.807) is 6.20 Å². The average molecular weight is 421 g/mol. The minimum absolute atomic E-state index is 0.180. The number of hydrazine groups is 1. The number of nitrogens with one attached hydrogen (secondary N) is 3. The van der Waals surface area contributed by atoms with Crippen molar-refractivity contribution in [2.24, 2.45) is 0 Å². The lowest BCUT2D eigenvalue weighted by Crippen LogP contribution is -2.47. The fourth-order valence-corrected chi connectivity index (χ4v) is 3.41. The van der Waals surface area contributed by atoms with Gasteiger partial charge in [0.05, 0.1) is 18.4 Å². The molecule has 0 saturated carbocycles. The van der Waals surface area contributed by atoms with Crippen LogP contribution in [-0.4, -0.2) is 41.4 Å². The van der Waals surface area contributed by atoms with Gasteiger partial charge in [0.2, 0.25) is 5.91 Å². The number of carbonyl (C=O) groups is 2. The summed E-state index contributed by atoms with van der Waals surface area (Å²) in [5.74, 6) is -0.121. The van der Waals surface area contributed by atoms with Crippen LogP contribution < -0.4 is 16.2 Å². The molecule has 150 valence electrons. The van der Waals surface area contributed by atoms with Crippen molar-refractivity contribution in [3.8, 4) is 0 Å². The Balaban J connectivity index is 1.60. The Morgan fingerprint density at radius 1 is 1.14 bits per heavy atom. The first-order valence-corrected chi connectivity index (χ1v) is 10.4. The average Bonchev–Trinajstić information content (AvgIpc) is 2.72. The number of amides is 1. The molecule has 0 bridgehead atoms. The fourth-order valence-electron chi connectivity index (χ4n) is 2.42. The van der Waals surface area contributed by atoms with Gasteiger partial charge in [-0.15, -0.1) is 11.8 Å². The summed E-state index contributed by atoms with van der Waals surface area (Å²) in [5.41, 5.74) is 6.16. The van der Waals surface area contributed by atoms with E-state index in [0.29, 0.717) is 18.1 Å². The van der Waals surface area contributed by atoms with Gasteiger partial charge in [-0.1, -0.05) is 24.6 Å². The summed E-state index contributed by atoms with van der Waals surface area (Å²) in [7, 11) is 1.39. The normalized spacial score (nSPS) is 10.3. The van der Waals surface area contributed by atoms with Crippen LogP contribution in [0.2, 0.25) is 0 Å². The summed E-state index contributed by atoms with van der Waals surface area (Å²) in [6.07, 6.45) is 4.72. The Bertz CT molecular complexity index is 811. The number of benzene rings is 1. The van der Waals surface area contributed by atoms with Crippen molar-refractivity contribution in [3.05, 3.63) is 36.5 Å². The highest BCUT2D eigenvalue weighted by Gasteiger charge is 2.07. The maximum atomic E-state index is 12.0. The van der Waals surface area contributed by atoms with Gasteiger partial charge in [-0.3, -0.25) is 25.4 Å². The molecule has 0 aliphatic rings. The van der Waals surface area contributed by atoms with Crippen LogP contribution >= 0.6 is 24.0 Å². The molecule has 0 unspecified atom stereocenters. The molecular formula is C19H24N4O3S2. The van der Waals surface area contributed by atoms with Crippen molar-refractivity contribution in [2.45, 2.75) is 30.6 Å². The summed E-state index contributed by atoms with van der Waals surface area (Å²) < 4.78 is 4.59. The zero-order valence-corrected chi connectivity index (χ0v) is 17.3. The lowest BCUT2D eigenvalue weighted by atomic mass is 10.2. The highest BCUT2D eigenvalue weighted by molar-refractivity contribution is 8.00. The Morgan fingerprint density at radius 3 is 2.79 bits per heavy atom. The van der Waals surface area contributed by atoms with Gasteiger partial charge >= 0.3 is 5.97 Å². The van der Waals surface area contributed by atoms with E-state index in [4.69, 9.17) is 12.2 Å². The summed E-state index contributed by atoms with van der Waals surface area (Å²) in [6.45, 7) is 0.666. The van der Waals surface area contributed by atoms with Crippen LogP contribution in [0.3, 0.4) is 0 Å². The van der Waals surface area contributed by atoms with Crippen LogP contribution in [0.5, 0.6) is 0 Å². The first kappa shape index (κ1) is 21.9. The predicted octanol–water partition coefficient (Wildman–Crippen LogP) is 2.56. The highest BCUT2D eigenvalue weighted by Crippen LogP contribution is 2.25. The van der Waals surface area contributed by atoms with Crippen LogP contribution in [0.4, 0.5) is 0 Å². The topological polar surface area (TPSA) is 92.4 Å². The van der Waals surface area contributed by atoms with Crippen LogP contribution in [0.25, 0.3) is 10.9 Å². The maximum absolute atomic E-state index is 12.0. The smallest absolute Gasteiger partial charge is 0.305 e. The third-order valence-electron chi connectivity index (χ3n) is 3.84. The number of fused-ring (bicyclic) bond motifs is 1. The number of ether oxygens (including phenoxy) is 1. The molecule has 1 amide bonds. The first-order valence-electron chi connectivity index (χ1n) is 8.96. The lowest BCUT2D eigenvalue weighted by Gasteiger charge is -2.11. The van der Waals surface area contributed by atoms with E-state index in [9.17, 15) is 9.59 Å².